The molecule has 0 spiro atoms. The Morgan fingerprint density at radius 2 is 2.06 bits per heavy atom. The molecule has 0 radical (unpaired) electrons. The molecule has 4 rings (SSSR count). The topological polar surface area (TPSA) is 116 Å². The molecule has 166 valence electrons. The number of rotatable bonds is 9. The Morgan fingerprint density at radius 3 is 2.71 bits per heavy atom. The van der Waals surface area contributed by atoms with E-state index in [0.29, 0.717) is 49.8 Å². The first-order chi connectivity index (χ1) is 15.0. The van der Waals surface area contributed by atoms with Gasteiger partial charge in [0, 0.05) is 25.3 Å². The quantitative estimate of drug-likeness (QED) is 0.446. The fourth-order valence-corrected chi connectivity index (χ4v) is 5.49. The smallest absolute Gasteiger partial charge is 0.280 e. The number of aromatic nitrogens is 1. The summed E-state index contributed by atoms with van der Waals surface area (Å²) in [7, 11) is -1.73. The minimum absolute atomic E-state index is 0.0331. The molecule has 1 atom stereocenters. The number of hydrogen-bond donors (Lipinski definition) is 1. The Hall–Kier alpha value is -2.34. The van der Waals surface area contributed by atoms with Crippen molar-refractivity contribution in [3.63, 3.8) is 0 Å². The largest absolute Gasteiger partial charge is 0.389 e. The summed E-state index contributed by atoms with van der Waals surface area (Å²) in [5.74, 6) is -0.505. The second-order valence-electron chi connectivity index (χ2n) is 7.32. The second kappa shape index (κ2) is 9.43. The van der Waals surface area contributed by atoms with Crippen molar-refractivity contribution in [3.8, 4) is 0 Å². The number of sulfone groups is 1. The van der Waals surface area contributed by atoms with Gasteiger partial charge in [-0.05, 0) is 25.0 Å². The van der Waals surface area contributed by atoms with E-state index in [0.717, 1.165) is 4.88 Å². The van der Waals surface area contributed by atoms with Gasteiger partial charge < -0.3 is 14.3 Å². The molecule has 1 aliphatic heterocycles. The van der Waals surface area contributed by atoms with Crippen LogP contribution >= 0.6 is 11.3 Å². The third-order valence-electron chi connectivity index (χ3n) is 4.88. The van der Waals surface area contributed by atoms with Crippen molar-refractivity contribution in [2.45, 2.75) is 42.1 Å². The van der Waals surface area contributed by atoms with Crippen LogP contribution in [-0.4, -0.2) is 56.7 Å². The van der Waals surface area contributed by atoms with E-state index in [1.165, 1.54) is 23.5 Å². The van der Waals surface area contributed by atoms with E-state index < -0.39 is 15.7 Å². The molecule has 1 aromatic heterocycles. The fraction of sp³-hybridized carbons (Fsp3) is 0.450. The average Bonchev–Trinajstić information content (AvgIpc) is 3.34. The highest BCUT2D eigenvalue weighted by Crippen LogP contribution is 2.33. The first-order valence-electron chi connectivity index (χ1n) is 9.88. The van der Waals surface area contributed by atoms with Gasteiger partial charge >= 0.3 is 0 Å². The number of benzene rings is 1. The summed E-state index contributed by atoms with van der Waals surface area (Å²) in [4.78, 5) is 23.7. The van der Waals surface area contributed by atoms with E-state index in [1.807, 2.05) is 0 Å². The number of hydrogen-bond acceptors (Lipinski definition) is 9. The van der Waals surface area contributed by atoms with Crippen LogP contribution < -0.4 is 5.32 Å². The van der Waals surface area contributed by atoms with Crippen LogP contribution in [0.3, 0.4) is 0 Å². The first-order valence-corrected chi connectivity index (χ1v) is 12.2. The summed E-state index contributed by atoms with van der Waals surface area (Å²) in [6.45, 7) is 1.39. The second-order valence-corrected chi connectivity index (χ2v) is 10.7. The normalized spacial score (nSPS) is 19.4. The lowest BCUT2D eigenvalue weighted by atomic mass is 10.1. The summed E-state index contributed by atoms with van der Waals surface area (Å²) in [6.07, 6.45) is 3.46. The van der Waals surface area contributed by atoms with E-state index >= 15 is 0 Å². The Kier molecular flexibility index (Phi) is 6.65. The summed E-state index contributed by atoms with van der Waals surface area (Å²) in [5, 5.41) is 6.91. The van der Waals surface area contributed by atoms with E-state index in [9.17, 15) is 13.2 Å². The van der Waals surface area contributed by atoms with Crippen LogP contribution in [-0.2, 0) is 35.5 Å². The maximum absolute atomic E-state index is 12.9. The number of carbonyl (C=O) groups excluding carboxylic acids is 1. The molecule has 2 fully saturated rings. The van der Waals surface area contributed by atoms with Crippen molar-refractivity contribution in [1.82, 2.24) is 4.98 Å². The Morgan fingerprint density at radius 1 is 1.29 bits per heavy atom. The number of ether oxygens (including phenoxy) is 2. The summed E-state index contributed by atoms with van der Waals surface area (Å²) < 4.78 is 35.2. The lowest BCUT2D eigenvalue weighted by molar-refractivity contribution is -0.110. The molecule has 11 heteroatoms. The van der Waals surface area contributed by atoms with Crippen LogP contribution in [0.1, 0.15) is 29.7 Å². The van der Waals surface area contributed by atoms with Gasteiger partial charge in [0.15, 0.2) is 26.8 Å². The van der Waals surface area contributed by atoms with Gasteiger partial charge in [-0.25, -0.2) is 13.4 Å². The lowest BCUT2D eigenvalue weighted by Crippen LogP contribution is -2.25. The number of anilines is 1. The molecule has 31 heavy (non-hydrogen) atoms. The minimum Gasteiger partial charge on any atom is -0.389 e. The molecular formula is C20H23N3O6S2. The summed E-state index contributed by atoms with van der Waals surface area (Å²) >= 11 is 1.29. The van der Waals surface area contributed by atoms with Crippen LogP contribution in [0, 0.1) is 0 Å². The number of methoxy groups -OCH3 is 1. The standard InChI is InChI=1S/C20H23N3O6S2/c1-27-12-15-10-21-20(30-15)22-19(24)18(23-29-14-8-9-28-11-14)13-2-4-16(5-3-13)31(25,26)17-6-7-17/h2-5,10,14,17H,6-9,11-12H2,1H3,(H,21,22,24)/t14-/m1/s1. The monoisotopic (exact) mass is 465 g/mol. The maximum atomic E-state index is 12.9. The molecule has 1 saturated carbocycles. The van der Waals surface area contributed by atoms with Crippen molar-refractivity contribution in [1.29, 1.82) is 0 Å². The van der Waals surface area contributed by atoms with E-state index in [1.54, 1.807) is 25.4 Å². The zero-order chi connectivity index (χ0) is 21.8. The van der Waals surface area contributed by atoms with Crippen molar-refractivity contribution in [3.05, 3.63) is 40.9 Å². The van der Waals surface area contributed by atoms with Crippen molar-refractivity contribution < 1.29 is 27.5 Å². The van der Waals surface area contributed by atoms with Gasteiger partial charge in [0.2, 0.25) is 0 Å². The van der Waals surface area contributed by atoms with E-state index in [-0.39, 0.29) is 22.0 Å². The number of carbonyl (C=O) groups is 1. The molecule has 1 aromatic carbocycles. The van der Waals surface area contributed by atoms with Gasteiger partial charge in [0.25, 0.3) is 5.91 Å². The summed E-state index contributed by atoms with van der Waals surface area (Å²) in [5.41, 5.74) is 0.477. The lowest BCUT2D eigenvalue weighted by Gasteiger charge is -2.10. The predicted octanol–water partition coefficient (Wildman–Crippen LogP) is 2.37. The highest BCUT2D eigenvalue weighted by atomic mass is 32.2. The number of oxime groups is 1. The molecule has 1 N–H and O–H groups in total. The maximum Gasteiger partial charge on any atom is 0.280 e. The summed E-state index contributed by atoms with van der Waals surface area (Å²) in [6, 6.07) is 6.15. The molecule has 0 bridgehead atoms. The zero-order valence-electron chi connectivity index (χ0n) is 16.9. The Balaban J connectivity index is 1.55. The number of thiazole rings is 1. The number of amides is 1. The van der Waals surface area contributed by atoms with Crippen molar-refractivity contribution in [2.75, 3.05) is 25.6 Å². The molecule has 0 unspecified atom stereocenters. The molecule has 2 aliphatic rings. The molecule has 9 nitrogen and oxygen atoms in total. The van der Waals surface area contributed by atoms with Gasteiger partial charge in [0.05, 0.1) is 34.8 Å². The van der Waals surface area contributed by atoms with Crippen LogP contribution in [0.2, 0.25) is 0 Å². The van der Waals surface area contributed by atoms with Crippen LogP contribution in [0.15, 0.2) is 40.5 Å². The third-order valence-corrected chi connectivity index (χ3v) is 8.04. The van der Waals surface area contributed by atoms with Crippen molar-refractivity contribution >= 4 is 37.9 Å². The van der Waals surface area contributed by atoms with E-state index in [4.69, 9.17) is 14.3 Å². The van der Waals surface area contributed by atoms with E-state index in [2.05, 4.69) is 15.5 Å². The highest BCUT2D eigenvalue weighted by Gasteiger charge is 2.36. The Labute approximate surface area is 184 Å². The number of nitrogens with one attached hydrogen (secondary N) is 1. The van der Waals surface area contributed by atoms with Gasteiger partial charge in [-0.15, -0.1) is 0 Å². The first kappa shape index (κ1) is 21.9. The van der Waals surface area contributed by atoms with Gasteiger partial charge in [-0.3, -0.25) is 10.1 Å². The third kappa shape index (κ3) is 5.29. The van der Waals surface area contributed by atoms with Crippen molar-refractivity contribution in [2.24, 2.45) is 5.16 Å². The van der Waals surface area contributed by atoms with Gasteiger partial charge in [-0.2, -0.15) is 0 Å². The number of nitrogens with zero attached hydrogens (tertiary/aromatic N) is 2. The molecule has 1 amide bonds. The molecule has 2 heterocycles. The average molecular weight is 466 g/mol. The highest BCUT2D eigenvalue weighted by molar-refractivity contribution is 7.92. The molecule has 1 saturated heterocycles. The fourth-order valence-electron chi connectivity index (χ4n) is 3.05. The predicted molar refractivity (Wildman–Crippen MR) is 115 cm³/mol. The molecule has 2 aromatic rings. The van der Waals surface area contributed by atoms with Crippen LogP contribution in [0.5, 0.6) is 0 Å². The zero-order valence-corrected chi connectivity index (χ0v) is 18.6. The van der Waals surface area contributed by atoms with Crippen LogP contribution in [0.25, 0.3) is 0 Å². The van der Waals surface area contributed by atoms with Gasteiger partial charge in [-0.1, -0.05) is 28.6 Å². The molecule has 1 aliphatic carbocycles. The van der Waals surface area contributed by atoms with Crippen LogP contribution in [0.4, 0.5) is 5.13 Å². The Bertz CT molecular complexity index is 1050. The minimum atomic E-state index is -3.31. The van der Waals surface area contributed by atoms with Gasteiger partial charge in [0.1, 0.15) is 0 Å². The molecular weight excluding hydrogens is 442 g/mol. The SMILES string of the molecule is COCc1cnc(NC(=O)C(=NO[C@@H]2CCOC2)c2ccc(S(=O)(=O)C3CC3)cc2)s1.